The highest BCUT2D eigenvalue weighted by atomic mass is 32.2. The fraction of sp³-hybridized carbons (Fsp3) is 0.381. The zero-order chi connectivity index (χ0) is 24.5. The second-order valence-corrected chi connectivity index (χ2v) is 8.42. The van der Waals surface area contributed by atoms with Crippen molar-refractivity contribution in [1.29, 1.82) is 5.26 Å². The molecule has 1 aromatic carbocycles. The Morgan fingerprint density at radius 1 is 1.33 bits per heavy atom. The van der Waals surface area contributed by atoms with Crippen LogP contribution in [0.4, 0.5) is 0 Å². The first kappa shape index (κ1) is 25.5. The number of carbonyl (C=O) groups excluding carboxylic acids is 3. The predicted octanol–water partition coefficient (Wildman–Crippen LogP) is -0.0671. The van der Waals surface area contributed by atoms with Gasteiger partial charge in [0.05, 0.1) is 25.1 Å². The molecule has 3 atom stereocenters. The van der Waals surface area contributed by atoms with E-state index in [0.717, 1.165) is 4.90 Å². The Morgan fingerprint density at radius 3 is 2.67 bits per heavy atom. The molecular formula is C21H23N3O8S. The van der Waals surface area contributed by atoms with Crippen LogP contribution in [0.2, 0.25) is 0 Å². The van der Waals surface area contributed by atoms with Crippen LogP contribution in [0.5, 0.6) is 5.75 Å². The van der Waals surface area contributed by atoms with E-state index in [1.807, 2.05) is 6.07 Å². The maximum Gasteiger partial charge on any atom is 0.323 e. The molecule has 2 N–H and O–H groups in total. The summed E-state index contributed by atoms with van der Waals surface area (Å²) in [5.74, 6) is -2.83. The summed E-state index contributed by atoms with van der Waals surface area (Å²) in [6.45, 7) is 0.491. The largest absolute Gasteiger partial charge is 0.482 e. The number of amides is 2. The molecule has 1 heterocycles. The molecule has 0 bridgehead atoms. The molecule has 1 aliphatic rings. The number of esters is 1. The van der Waals surface area contributed by atoms with Gasteiger partial charge in [0.1, 0.15) is 24.4 Å². The first-order valence-electron chi connectivity index (χ1n) is 9.73. The molecule has 0 aliphatic carbocycles. The minimum atomic E-state index is -1.58. The summed E-state index contributed by atoms with van der Waals surface area (Å²) < 4.78 is 22.1. The molecule has 0 radical (unpaired) electrons. The van der Waals surface area contributed by atoms with Crippen molar-refractivity contribution in [2.24, 2.45) is 0 Å². The molecule has 3 unspecified atom stereocenters. The van der Waals surface area contributed by atoms with Crippen molar-refractivity contribution in [3.63, 3.8) is 0 Å². The maximum atomic E-state index is 12.5. The van der Waals surface area contributed by atoms with E-state index >= 15 is 0 Å². The molecule has 11 nitrogen and oxygen atoms in total. The lowest BCUT2D eigenvalue weighted by atomic mass is 9.89. The summed E-state index contributed by atoms with van der Waals surface area (Å²) in [4.78, 5) is 48.2. The lowest BCUT2D eigenvalue weighted by Gasteiger charge is -2.47. The minimum Gasteiger partial charge on any atom is -0.482 e. The number of benzene rings is 1. The summed E-state index contributed by atoms with van der Waals surface area (Å²) >= 11 is 0. The SMILES string of the molecule is COC(=O)CCS(=O)C=C(C)C1C(NC(=O)COc2ccccc2C#N)C(=O)N1CC(=O)O. The van der Waals surface area contributed by atoms with Crippen LogP contribution < -0.4 is 10.1 Å². The molecule has 12 heteroatoms. The van der Waals surface area contributed by atoms with Crippen LogP contribution in [-0.4, -0.2) is 76.1 Å². The highest BCUT2D eigenvalue weighted by molar-refractivity contribution is 7.88. The van der Waals surface area contributed by atoms with Crippen LogP contribution in [0.15, 0.2) is 35.2 Å². The van der Waals surface area contributed by atoms with Gasteiger partial charge >= 0.3 is 11.9 Å². The number of carboxylic acids is 1. The van der Waals surface area contributed by atoms with E-state index in [0.29, 0.717) is 5.57 Å². The van der Waals surface area contributed by atoms with Gasteiger partial charge in [-0.3, -0.25) is 23.4 Å². The number of hydrogen-bond donors (Lipinski definition) is 2. The van der Waals surface area contributed by atoms with Gasteiger partial charge in [0, 0.05) is 22.0 Å². The smallest absolute Gasteiger partial charge is 0.323 e. The average molecular weight is 477 g/mol. The topological polar surface area (TPSA) is 163 Å². The first-order chi connectivity index (χ1) is 15.7. The number of hydrogen-bond acceptors (Lipinski definition) is 8. The number of nitrogens with zero attached hydrogens (tertiary/aromatic N) is 2. The zero-order valence-corrected chi connectivity index (χ0v) is 18.8. The molecule has 0 aromatic heterocycles. The summed E-state index contributed by atoms with van der Waals surface area (Å²) in [6.07, 6.45) is -0.0724. The normalized spacial score (nSPS) is 18.5. The lowest BCUT2D eigenvalue weighted by molar-refractivity contribution is -0.158. The molecule has 1 aliphatic heterocycles. The van der Waals surface area contributed by atoms with E-state index < -0.39 is 59.8 Å². The number of rotatable bonds is 11. The van der Waals surface area contributed by atoms with Gasteiger partial charge in [0.2, 0.25) is 5.91 Å². The first-order valence-corrected chi connectivity index (χ1v) is 11.1. The summed E-state index contributed by atoms with van der Waals surface area (Å²) in [5, 5.41) is 22.0. The Hall–Kier alpha value is -3.72. The number of carboxylic acid groups (broad SMARTS) is 1. The molecule has 2 rings (SSSR count). The highest BCUT2D eigenvalue weighted by Crippen LogP contribution is 2.27. The standard InChI is InChI=1S/C21H23N3O8S/c1-13(12-33(30)8-7-18(28)31-2)20-19(21(29)24(20)10-17(26)27)23-16(25)11-32-15-6-4-3-5-14(15)9-22/h3-6,12,19-20H,7-8,10-11H2,1-2H3,(H,23,25)(H,26,27). The van der Waals surface area contributed by atoms with E-state index in [-0.39, 0.29) is 23.5 Å². The second kappa shape index (κ2) is 11.8. The molecule has 0 spiro atoms. The van der Waals surface area contributed by atoms with Crippen molar-refractivity contribution in [1.82, 2.24) is 10.2 Å². The van der Waals surface area contributed by atoms with Crippen LogP contribution in [0.1, 0.15) is 18.9 Å². The van der Waals surface area contributed by atoms with Crippen molar-refractivity contribution >= 4 is 34.6 Å². The quantitative estimate of drug-likeness (QED) is 0.328. The number of ether oxygens (including phenoxy) is 2. The molecule has 1 saturated heterocycles. The maximum absolute atomic E-state index is 12.5. The molecule has 33 heavy (non-hydrogen) atoms. The molecular weight excluding hydrogens is 454 g/mol. The van der Waals surface area contributed by atoms with Crippen LogP contribution >= 0.6 is 0 Å². The van der Waals surface area contributed by atoms with E-state index in [1.54, 1.807) is 19.1 Å². The van der Waals surface area contributed by atoms with E-state index in [2.05, 4.69) is 10.1 Å². The fourth-order valence-electron chi connectivity index (χ4n) is 3.19. The van der Waals surface area contributed by atoms with Crippen LogP contribution in [0, 0.1) is 11.3 Å². The lowest BCUT2D eigenvalue weighted by Crippen LogP contribution is -2.72. The van der Waals surface area contributed by atoms with Crippen molar-refractivity contribution in [2.75, 3.05) is 26.0 Å². The van der Waals surface area contributed by atoms with Gasteiger partial charge in [-0.25, -0.2) is 0 Å². The predicted molar refractivity (Wildman–Crippen MR) is 115 cm³/mol. The molecule has 176 valence electrons. The number of likely N-dealkylation sites (tertiary alicyclic amines) is 1. The molecule has 2 amide bonds. The number of aliphatic carboxylic acids is 1. The molecule has 1 aromatic rings. The number of carbonyl (C=O) groups is 4. The van der Waals surface area contributed by atoms with Gasteiger partial charge < -0.3 is 24.8 Å². The number of methoxy groups -OCH3 is 1. The van der Waals surface area contributed by atoms with Crippen molar-refractivity contribution in [3.05, 3.63) is 40.8 Å². The van der Waals surface area contributed by atoms with Crippen LogP contribution in [0.25, 0.3) is 0 Å². The number of para-hydroxylation sites is 1. The van der Waals surface area contributed by atoms with Crippen molar-refractivity contribution < 1.29 is 38.0 Å². The summed E-state index contributed by atoms with van der Waals surface area (Å²) in [6, 6.07) is 6.37. The van der Waals surface area contributed by atoms with Gasteiger partial charge in [-0.15, -0.1) is 0 Å². The van der Waals surface area contributed by atoms with Crippen molar-refractivity contribution in [2.45, 2.75) is 25.4 Å². The van der Waals surface area contributed by atoms with Gasteiger partial charge in [0.15, 0.2) is 6.61 Å². The Balaban J connectivity index is 2.07. The third-order valence-corrected chi connectivity index (χ3v) is 5.95. The minimum absolute atomic E-state index is 0.00716. The fourth-order valence-corrected chi connectivity index (χ4v) is 4.22. The van der Waals surface area contributed by atoms with Gasteiger partial charge in [-0.1, -0.05) is 12.1 Å². The Labute approximate surface area is 192 Å². The van der Waals surface area contributed by atoms with E-state index in [9.17, 15) is 23.4 Å². The average Bonchev–Trinajstić information content (AvgIpc) is 2.79. The van der Waals surface area contributed by atoms with Gasteiger partial charge in [0.25, 0.3) is 5.91 Å². The van der Waals surface area contributed by atoms with Crippen LogP contribution in [-0.2, 0) is 34.7 Å². The highest BCUT2D eigenvalue weighted by Gasteiger charge is 2.49. The second-order valence-electron chi connectivity index (χ2n) is 7.02. The number of nitrogens with one attached hydrogen (secondary N) is 1. The Kier molecular flexibility index (Phi) is 9.11. The molecule has 1 fully saturated rings. The van der Waals surface area contributed by atoms with Gasteiger partial charge in [-0.05, 0) is 24.6 Å². The van der Waals surface area contributed by atoms with Gasteiger partial charge in [-0.2, -0.15) is 5.26 Å². The Bertz CT molecular complexity index is 1030. The number of β-lactam (4-membered cyclic amide) rings is 1. The van der Waals surface area contributed by atoms with E-state index in [1.165, 1.54) is 24.7 Å². The van der Waals surface area contributed by atoms with Crippen LogP contribution in [0.3, 0.4) is 0 Å². The summed E-state index contributed by atoms with van der Waals surface area (Å²) in [5.41, 5.74) is 0.642. The third-order valence-electron chi connectivity index (χ3n) is 4.71. The van der Waals surface area contributed by atoms with Crippen molar-refractivity contribution in [3.8, 4) is 11.8 Å². The monoisotopic (exact) mass is 477 g/mol. The summed E-state index contributed by atoms with van der Waals surface area (Å²) in [7, 11) is -0.361. The molecule has 0 saturated carbocycles. The third kappa shape index (κ3) is 6.88. The zero-order valence-electron chi connectivity index (χ0n) is 18.0. The van der Waals surface area contributed by atoms with E-state index in [4.69, 9.17) is 15.1 Å². The number of nitriles is 1. The Morgan fingerprint density at radius 2 is 2.03 bits per heavy atom.